The molecule has 1 aromatic rings. The normalized spacial score (nSPS) is 17.6. The number of hydrogen-bond donors (Lipinski definition) is 0. The van der Waals surface area contributed by atoms with Crippen molar-refractivity contribution in [2.24, 2.45) is 0 Å². The number of alkyl halides is 3. The topological polar surface area (TPSA) is 9.23 Å². The van der Waals surface area contributed by atoms with Crippen LogP contribution in [0.5, 0.6) is 5.75 Å². The summed E-state index contributed by atoms with van der Waals surface area (Å²) in [6.45, 7) is 0. The summed E-state index contributed by atoms with van der Waals surface area (Å²) in [5.41, 5.74) is 1.48. The van der Waals surface area contributed by atoms with E-state index >= 15 is 0 Å². The molecule has 0 amide bonds. The maximum absolute atomic E-state index is 5.17. The average molecular weight is 276 g/mol. The molecule has 0 radical (unpaired) electrons. The van der Waals surface area contributed by atoms with E-state index in [-0.39, 0.29) is 19.8 Å². The summed E-state index contributed by atoms with van der Waals surface area (Å²) in [5.74, 6) is 1.00. The Kier molecular flexibility index (Phi) is 2.54. The molecule has 0 atom stereocenters. The SMILES string of the molecule is COc1cccc(CI2CC2)c1. The molecular weight excluding hydrogens is 263 g/mol. The molecule has 0 spiro atoms. The van der Waals surface area contributed by atoms with Gasteiger partial charge in [-0.05, 0) is 0 Å². The molecule has 12 heavy (non-hydrogen) atoms. The van der Waals surface area contributed by atoms with Crippen molar-refractivity contribution >= 4 is 19.8 Å². The number of methoxy groups -OCH3 is 1. The van der Waals surface area contributed by atoms with Crippen LogP contribution in [0.15, 0.2) is 24.3 Å². The van der Waals surface area contributed by atoms with Gasteiger partial charge in [0.25, 0.3) is 0 Å². The molecule has 0 aromatic heterocycles. The van der Waals surface area contributed by atoms with Crippen molar-refractivity contribution in [1.82, 2.24) is 0 Å². The molecule has 1 heterocycles. The predicted octanol–water partition coefficient (Wildman–Crippen LogP) is 2.72. The first-order valence-corrected chi connectivity index (χ1v) is 8.67. The second kappa shape index (κ2) is 3.64. The fraction of sp³-hybridized carbons (Fsp3) is 0.400. The molecule has 0 saturated carbocycles. The van der Waals surface area contributed by atoms with Gasteiger partial charge in [0.1, 0.15) is 0 Å². The average Bonchev–Trinajstić information content (AvgIpc) is 2.89. The van der Waals surface area contributed by atoms with E-state index in [1.54, 1.807) is 16.0 Å². The molecule has 1 aliphatic rings. The summed E-state index contributed by atoms with van der Waals surface area (Å²) in [7, 11) is 1.73. The van der Waals surface area contributed by atoms with Gasteiger partial charge in [-0.25, -0.2) is 0 Å². The first-order chi connectivity index (χ1) is 5.88. The van der Waals surface area contributed by atoms with Crippen LogP contribution in [0.25, 0.3) is 0 Å². The van der Waals surface area contributed by atoms with Crippen LogP contribution in [-0.4, -0.2) is 16.0 Å². The van der Waals surface area contributed by atoms with Gasteiger partial charge < -0.3 is 0 Å². The Morgan fingerprint density at radius 3 is 2.92 bits per heavy atom. The minimum absolute atomic E-state index is 0.387. The van der Waals surface area contributed by atoms with Gasteiger partial charge in [0, 0.05) is 0 Å². The Hall–Kier alpha value is -0.250. The van der Waals surface area contributed by atoms with E-state index in [0.29, 0.717) is 0 Å². The monoisotopic (exact) mass is 276 g/mol. The van der Waals surface area contributed by atoms with Gasteiger partial charge in [-0.15, -0.1) is 0 Å². The molecule has 0 unspecified atom stereocenters. The molecular formula is C10H13IO. The van der Waals surface area contributed by atoms with Crippen LogP contribution >= 0.6 is 19.8 Å². The van der Waals surface area contributed by atoms with Crippen LogP contribution in [0.2, 0.25) is 0 Å². The molecule has 0 bridgehead atoms. The van der Waals surface area contributed by atoms with Gasteiger partial charge in [-0.2, -0.15) is 0 Å². The van der Waals surface area contributed by atoms with E-state index in [4.69, 9.17) is 4.74 Å². The summed E-state index contributed by atoms with van der Waals surface area (Å²) >= 11 is -0.387. The fourth-order valence-electron chi connectivity index (χ4n) is 1.16. The number of halogens is 1. The third kappa shape index (κ3) is 2.12. The molecule has 0 aliphatic carbocycles. The van der Waals surface area contributed by atoms with Crippen LogP contribution < -0.4 is 4.74 Å². The molecule has 1 aliphatic heterocycles. The molecule has 66 valence electrons. The van der Waals surface area contributed by atoms with E-state index in [1.807, 2.05) is 6.07 Å². The van der Waals surface area contributed by atoms with Crippen molar-refractivity contribution in [2.75, 3.05) is 16.0 Å². The second-order valence-corrected chi connectivity index (χ2v) is 9.09. The van der Waals surface area contributed by atoms with Crippen molar-refractivity contribution in [2.45, 2.75) is 4.43 Å². The zero-order chi connectivity index (χ0) is 8.39. The molecule has 1 aromatic carbocycles. The molecule has 0 N–H and O–H groups in total. The zero-order valence-corrected chi connectivity index (χ0v) is 9.37. The molecule has 2 rings (SSSR count). The summed E-state index contributed by atoms with van der Waals surface area (Å²) in [6, 6.07) is 8.50. The molecule has 1 nitrogen and oxygen atoms in total. The van der Waals surface area contributed by atoms with Crippen molar-refractivity contribution in [3.63, 3.8) is 0 Å². The van der Waals surface area contributed by atoms with E-state index in [0.717, 1.165) is 5.75 Å². The number of hydrogen-bond acceptors (Lipinski definition) is 1. The van der Waals surface area contributed by atoms with Crippen molar-refractivity contribution < 1.29 is 4.74 Å². The summed E-state index contributed by atoms with van der Waals surface area (Å²) in [4.78, 5) is 0. The summed E-state index contributed by atoms with van der Waals surface area (Å²) in [6.07, 6.45) is 0. The Bertz CT molecular complexity index is 268. The van der Waals surface area contributed by atoms with Gasteiger partial charge >= 0.3 is 80.5 Å². The van der Waals surface area contributed by atoms with Crippen LogP contribution in [0.3, 0.4) is 0 Å². The van der Waals surface area contributed by atoms with E-state index in [9.17, 15) is 0 Å². The molecule has 2 heteroatoms. The van der Waals surface area contributed by atoms with E-state index in [2.05, 4.69) is 18.2 Å². The summed E-state index contributed by atoms with van der Waals surface area (Å²) in [5, 5.41) is 0. The molecule has 1 saturated heterocycles. The third-order valence-electron chi connectivity index (χ3n) is 1.93. The summed E-state index contributed by atoms with van der Waals surface area (Å²) < 4.78 is 9.71. The maximum atomic E-state index is 5.17. The Balaban J connectivity index is 2.08. The van der Waals surface area contributed by atoms with Crippen molar-refractivity contribution in [3.05, 3.63) is 29.8 Å². The predicted molar refractivity (Wildman–Crippen MR) is 60.5 cm³/mol. The Morgan fingerprint density at radius 1 is 1.42 bits per heavy atom. The van der Waals surface area contributed by atoms with Crippen LogP contribution in [0.4, 0.5) is 0 Å². The van der Waals surface area contributed by atoms with Gasteiger partial charge in [0.05, 0.1) is 0 Å². The van der Waals surface area contributed by atoms with Crippen LogP contribution in [0, 0.1) is 0 Å². The van der Waals surface area contributed by atoms with Gasteiger partial charge in [0.2, 0.25) is 0 Å². The van der Waals surface area contributed by atoms with Crippen LogP contribution in [0.1, 0.15) is 5.56 Å². The van der Waals surface area contributed by atoms with Crippen LogP contribution in [-0.2, 0) is 4.43 Å². The van der Waals surface area contributed by atoms with E-state index < -0.39 is 0 Å². The third-order valence-corrected chi connectivity index (χ3v) is 6.50. The Morgan fingerprint density at radius 2 is 2.25 bits per heavy atom. The van der Waals surface area contributed by atoms with Crippen molar-refractivity contribution in [3.8, 4) is 5.75 Å². The standard InChI is InChI=1S/C10H13IO/c1-12-10-4-2-3-9(7-10)8-11-5-6-11/h2-4,7H,5-6,8H2,1H3. The minimum atomic E-state index is -0.387. The Labute approximate surface area is 80.5 Å². The first kappa shape index (κ1) is 8.35. The van der Waals surface area contributed by atoms with Gasteiger partial charge in [-0.1, -0.05) is 0 Å². The zero-order valence-electron chi connectivity index (χ0n) is 7.22. The first-order valence-electron chi connectivity index (χ1n) is 4.09. The van der Waals surface area contributed by atoms with Gasteiger partial charge in [-0.3, -0.25) is 0 Å². The quantitative estimate of drug-likeness (QED) is 0.609. The number of benzene rings is 1. The van der Waals surface area contributed by atoms with Crippen molar-refractivity contribution in [1.29, 1.82) is 0 Å². The molecule has 1 fully saturated rings. The van der Waals surface area contributed by atoms with E-state index in [1.165, 1.54) is 9.99 Å². The van der Waals surface area contributed by atoms with Gasteiger partial charge in [0.15, 0.2) is 0 Å². The fourth-order valence-corrected chi connectivity index (χ4v) is 5.86. The second-order valence-electron chi connectivity index (χ2n) is 2.93. The number of rotatable bonds is 3. The number of ether oxygens (including phenoxy) is 1.